The van der Waals surface area contributed by atoms with Crippen LogP contribution < -0.4 is 10.1 Å². The summed E-state index contributed by atoms with van der Waals surface area (Å²) in [5.41, 5.74) is 1.09. The van der Waals surface area contributed by atoms with Gasteiger partial charge >= 0.3 is 0 Å². The predicted molar refractivity (Wildman–Crippen MR) is 89.0 cm³/mol. The lowest BCUT2D eigenvalue weighted by atomic mass is 9.87. The second kappa shape index (κ2) is 7.28. The number of nitrogens with one attached hydrogen (secondary N) is 1. The zero-order chi connectivity index (χ0) is 16.1. The summed E-state index contributed by atoms with van der Waals surface area (Å²) in [5.74, 6) is 0.895. The van der Waals surface area contributed by atoms with Crippen LogP contribution in [0.3, 0.4) is 0 Å². The van der Waals surface area contributed by atoms with Gasteiger partial charge in [0.15, 0.2) is 0 Å². The highest BCUT2D eigenvalue weighted by atomic mass is 16.5. The second-order valence-corrected chi connectivity index (χ2v) is 7.16. The van der Waals surface area contributed by atoms with Crippen LogP contribution in [0.1, 0.15) is 53.5 Å². The Morgan fingerprint density at radius 2 is 1.90 bits per heavy atom. The van der Waals surface area contributed by atoms with Crippen molar-refractivity contribution in [3.8, 4) is 5.75 Å². The third-order valence-corrected chi connectivity index (χ3v) is 3.73. The molecule has 0 spiro atoms. The van der Waals surface area contributed by atoms with Gasteiger partial charge in [-0.1, -0.05) is 39.8 Å². The zero-order valence-corrected chi connectivity index (χ0v) is 14.4. The minimum atomic E-state index is -0.296. The molecule has 0 bridgehead atoms. The van der Waals surface area contributed by atoms with Crippen molar-refractivity contribution >= 4 is 0 Å². The third kappa shape index (κ3) is 5.68. The number of benzene rings is 1. The van der Waals surface area contributed by atoms with Crippen molar-refractivity contribution in [2.45, 2.75) is 65.0 Å². The molecule has 0 aliphatic heterocycles. The average molecular weight is 293 g/mol. The molecule has 1 aromatic rings. The molecular weight excluding hydrogens is 262 g/mol. The fraction of sp³-hybridized carbons (Fsp3) is 0.667. The van der Waals surface area contributed by atoms with E-state index in [1.165, 1.54) is 5.56 Å². The third-order valence-electron chi connectivity index (χ3n) is 3.73. The van der Waals surface area contributed by atoms with Crippen LogP contribution in [0.25, 0.3) is 0 Å². The Labute approximate surface area is 129 Å². The number of hydrogen-bond acceptors (Lipinski definition) is 3. The van der Waals surface area contributed by atoms with E-state index in [0.717, 1.165) is 18.7 Å². The fourth-order valence-electron chi connectivity index (χ4n) is 2.56. The summed E-state index contributed by atoms with van der Waals surface area (Å²) in [6.45, 7) is 13.7. The van der Waals surface area contributed by atoms with E-state index in [-0.39, 0.29) is 23.7 Å². The van der Waals surface area contributed by atoms with Gasteiger partial charge in [-0.2, -0.15) is 0 Å². The summed E-state index contributed by atoms with van der Waals surface area (Å²) in [6.07, 6.45) is 0.799. The van der Waals surface area contributed by atoms with Crippen LogP contribution in [-0.2, 0) is 5.41 Å². The summed E-state index contributed by atoms with van der Waals surface area (Å²) < 4.78 is 6.04. The Balaban J connectivity index is 2.73. The van der Waals surface area contributed by atoms with Crippen LogP contribution in [0, 0.1) is 0 Å². The number of ether oxygens (including phenoxy) is 1. The summed E-state index contributed by atoms with van der Waals surface area (Å²) >= 11 is 0. The van der Waals surface area contributed by atoms with Crippen molar-refractivity contribution in [1.29, 1.82) is 0 Å². The molecule has 21 heavy (non-hydrogen) atoms. The van der Waals surface area contributed by atoms with Crippen LogP contribution >= 0.6 is 0 Å². The first-order valence-corrected chi connectivity index (χ1v) is 7.83. The molecule has 0 saturated carbocycles. The molecule has 0 radical (unpaired) electrons. The normalized spacial score (nSPS) is 16.3. The van der Waals surface area contributed by atoms with Crippen molar-refractivity contribution in [3.05, 3.63) is 29.8 Å². The molecule has 1 rings (SSSR count). The molecule has 3 heteroatoms. The number of hydrogen-bond donors (Lipinski definition) is 2. The lowest BCUT2D eigenvalue weighted by Crippen LogP contribution is -2.48. The standard InChI is InChI=1S/C18H31NO2/c1-7-19-18(6,13-20)12-14(2)21-16-10-8-9-15(11-16)17(3,4)5/h8-11,14,19-20H,7,12-13H2,1-6H3. The van der Waals surface area contributed by atoms with Crippen LogP contribution in [0.5, 0.6) is 5.75 Å². The van der Waals surface area contributed by atoms with Gasteiger partial charge in [-0.15, -0.1) is 0 Å². The van der Waals surface area contributed by atoms with E-state index >= 15 is 0 Å². The van der Waals surface area contributed by atoms with Gasteiger partial charge in [0.25, 0.3) is 0 Å². The van der Waals surface area contributed by atoms with Gasteiger partial charge in [0, 0.05) is 12.0 Å². The maximum atomic E-state index is 9.56. The molecule has 0 amide bonds. The Morgan fingerprint density at radius 3 is 2.43 bits per heavy atom. The van der Waals surface area contributed by atoms with Gasteiger partial charge in [-0.05, 0) is 43.5 Å². The van der Waals surface area contributed by atoms with Gasteiger partial charge in [-0.3, -0.25) is 0 Å². The Bertz CT molecular complexity index is 439. The number of likely N-dealkylation sites (N-methyl/N-ethyl adjacent to an activating group) is 1. The molecule has 2 unspecified atom stereocenters. The van der Waals surface area contributed by atoms with Crippen molar-refractivity contribution in [2.24, 2.45) is 0 Å². The van der Waals surface area contributed by atoms with E-state index in [4.69, 9.17) is 4.74 Å². The molecular formula is C18H31NO2. The van der Waals surface area contributed by atoms with Crippen LogP contribution in [-0.4, -0.2) is 29.9 Å². The van der Waals surface area contributed by atoms with Gasteiger partial charge in [0.05, 0.1) is 12.7 Å². The molecule has 2 N–H and O–H groups in total. The molecule has 0 saturated heterocycles. The van der Waals surface area contributed by atoms with E-state index in [2.05, 4.69) is 45.1 Å². The average Bonchev–Trinajstić information content (AvgIpc) is 2.38. The molecule has 0 fully saturated rings. The summed E-state index contributed by atoms with van der Waals surface area (Å²) in [4.78, 5) is 0. The molecule has 120 valence electrons. The quantitative estimate of drug-likeness (QED) is 0.808. The van der Waals surface area contributed by atoms with Crippen molar-refractivity contribution in [2.75, 3.05) is 13.2 Å². The van der Waals surface area contributed by atoms with Crippen LogP contribution in [0.15, 0.2) is 24.3 Å². The molecule has 0 aliphatic carbocycles. The van der Waals surface area contributed by atoms with Crippen molar-refractivity contribution in [3.63, 3.8) is 0 Å². The summed E-state index contributed by atoms with van der Waals surface area (Å²) in [7, 11) is 0. The number of rotatable bonds is 7. The first kappa shape index (κ1) is 18.0. The molecule has 0 heterocycles. The van der Waals surface area contributed by atoms with Crippen molar-refractivity contribution in [1.82, 2.24) is 5.32 Å². The Kier molecular flexibility index (Phi) is 6.24. The minimum Gasteiger partial charge on any atom is -0.491 e. The monoisotopic (exact) mass is 293 g/mol. The zero-order valence-electron chi connectivity index (χ0n) is 14.4. The highest BCUT2D eigenvalue weighted by Crippen LogP contribution is 2.26. The van der Waals surface area contributed by atoms with E-state index in [9.17, 15) is 5.11 Å². The maximum Gasteiger partial charge on any atom is 0.119 e. The van der Waals surface area contributed by atoms with Crippen LogP contribution in [0.4, 0.5) is 0 Å². The highest BCUT2D eigenvalue weighted by Gasteiger charge is 2.25. The van der Waals surface area contributed by atoms with Gasteiger partial charge < -0.3 is 15.2 Å². The second-order valence-electron chi connectivity index (χ2n) is 7.16. The van der Waals surface area contributed by atoms with Gasteiger partial charge in [0.1, 0.15) is 5.75 Å². The Hall–Kier alpha value is -1.06. The highest BCUT2D eigenvalue weighted by molar-refractivity contribution is 5.32. The molecule has 3 nitrogen and oxygen atoms in total. The molecule has 1 aromatic carbocycles. The van der Waals surface area contributed by atoms with E-state index in [0.29, 0.717) is 0 Å². The predicted octanol–water partition coefficient (Wildman–Crippen LogP) is 3.50. The Morgan fingerprint density at radius 1 is 1.24 bits per heavy atom. The minimum absolute atomic E-state index is 0.0384. The number of aliphatic hydroxyl groups excluding tert-OH is 1. The van der Waals surface area contributed by atoms with E-state index < -0.39 is 0 Å². The molecule has 0 aliphatic rings. The molecule has 2 atom stereocenters. The molecule has 0 aromatic heterocycles. The van der Waals surface area contributed by atoms with Crippen molar-refractivity contribution < 1.29 is 9.84 Å². The maximum absolute atomic E-state index is 9.56. The van der Waals surface area contributed by atoms with Gasteiger partial charge in [0.2, 0.25) is 0 Å². The topological polar surface area (TPSA) is 41.5 Å². The number of aliphatic hydroxyl groups is 1. The first-order chi connectivity index (χ1) is 9.70. The SMILES string of the molecule is CCNC(C)(CO)CC(C)Oc1cccc(C(C)(C)C)c1. The smallest absolute Gasteiger partial charge is 0.119 e. The lowest BCUT2D eigenvalue weighted by molar-refractivity contribution is 0.111. The first-order valence-electron chi connectivity index (χ1n) is 7.83. The van der Waals surface area contributed by atoms with Gasteiger partial charge in [-0.25, -0.2) is 0 Å². The largest absolute Gasteiger partial charge is 0.491 e. The van der Waals surface area contributed by atoms with E-state index in [1.54, 1.807) is 0 Å². The summed E-state index contributed by atoms with van der Waals surface area (Å²) in [6, 6.07) is 8.28. The van der Waals surface area contributed by atoms with Crippen LogP contribution in [0.2, 0.25) is 0 Å². The lowest BCUT2D eigenvalue weighted by Gasteiger charge is -2.31. The van der Waals surface area contributed by atoms with E-state index in [1.807, 2.05) is 26.0 Å². The fourth-order valence-corrected chi connectivity index (χ4v) is 2.56. The summed E-state index contributed by atoms with van der Waals surface area (Å²) in [5, 5.41) is 12.9.